The summed E-state index contributed by atoms with van der Waals surface area (Å²) in [5.41, 5.74) is 9.52. The van der Waals surface area contributed by atoms with Crippen LogP contribution in [0.5, 0.6) is 11.5 Å². The molecule has 0 aromatic heterocycles. The zero-order valence-corrected chi connectivity index (χ0v) is 13.3. The second kappa shape index (κ2) is 6.86. The summed E-state index contributed by atoms with van der Waals surface area (Å²) in [4.78, 5) is 0. The van der Waals surface area contributed by atoms with Crippen LogP contribution in [0.4, 0.5) is 0 Å². The lowest BCUT2D eigenvalue weighted by Crippen LogP contribution is -2.25. The molecule has 4 nitrogen and oxygen atoms in total. The van der Waals surface area contributed by atoms with Crippen LogP contribution in [0.25, 0.3) is 0 Å². The summed E-state index contributed by atoms with van der Waals surface area (Å²) in [6.45, 7) is 6.99. The van der Waals surface area contributed by atoms with Gasteiger partial charge in [-0.15, -0.1) is 0 Å². The first-order valence-electron chi connectivity index (χ1n) is 7.78. The van der Waals surface area contributed by atoms with E-state index in [1.54, 1.807) is 6.07 Å². The summed E-state index contributed by atoms with van der Waals surface area (Å²) in [5.74, 6) is 1.16. The molecule has 1 aliphatic rings. The number of ether oxygens (including phenoxy) is 1. The standard InChI is InChI=1S/C19H22N2O2/c1-13(2)12-23-15-8-9-16(18(22)10-15)19-17(11-20-21-19)14-6-4-3-5-7-14/h3-10,17,19-22H,1,11-12H2,2H3. The second-order valence-corrected chi connectivity index (χ2v) is 5.99. The van der Waals surface area contributed by atoms with Crippen molar-refractivity contribution in [2.45, 2.75) is 18.9 Å². The molecule has 0 saturated carbocycles. The Balaban J connectivity index is 1.81. The molecule has 2 atom stereocenters. The molecule has 1 saturated heterocycles. The monoisotopic (exact) mass is 310 g/mol. The Hall–Kier alpha value is -2.30. The van der Waals surface area contributed by atoms with Crippen LogP contribution in [0.3, 0.4) is 0 Å². The van der Waals surface area contributed by atoms with Crippen molar-refractivity contribution in [1.29, 1.82) is 0 Å². The van der Waals surface area contributed by atoms with Crippen molar-refractivity contribution in [2.24, 2.45) is 0 Å². The molecule has 0 aliphatic carbocycles. The van der Waals surface area contributed by atoms with E-state index in [1.165, 1.54) is 5.56 Å². The largest absolute Gasteiger partial charge is 0.507 e. The van der Waals surface area contributed by atoms with Crippen LogP contribution in [0.15, 0.2) is 60.7 Å². The van der Waals surface area contributed by atoms with Crippen LogP contribution in [0, 0.1) is 0 Å². The SMILES string of the molecule is C=C(C)COc1ccc(C2NNCC2c2ccccc2)c(O)c1. The van der Waals surface area contributed by atoms with Crippen molar-refractivity contribution < 1.29 is 9.84 Å². The van der Waals surface area contributed by atoms with Crippen molar-refractivity contribution in [2.75, 3.05) is 13.2 Å². The van der Waals surface area contributed by atoms with Gasteiger partial charge < -0.3 is 9.84 Å². The van der Waals surface area contributed by atoms with E-state index >= 15 is 0 Å². The van der Waals surface area contributed by atoms with Crippen LogP contribution in [0.1, 0.15) is 30.0 Å². The molecule has 0 bridgehead atoms. The van der Waals surface area contributed by atoms with Crippen molar-refractivity contribution in [3.8, 4) is 11.5 Å². The first kappa shape index (κ1) is 15.6. The van der Waals surface area contributed by atoms with Gasteiger partial charge in [0, 0.05) is 24.1 Å². The van der Waals surface area contributed by atoms with E-state index in [0.29, 0.717) is 12.4 Å². The third kappa shape index (κ3) is 3.55. The van der Waals surface area contributed by atoms with Gasteiger partial charge in [0.05, 0.1) is 6.04 Å². The Bertz CT molecular complexity index is 685. The number of rotatable bonds is 5. The number of hydrogen-bond acceptors (Lipinski definition) is 4. The van der Waals surface area contributed by atoms with Gasteiger partial charge >= 0.3 is 0 Å². The fourth-order valence-electron chi connectivity index (χ4n) is 2.89. The molecule has 120 valence electrons. The molecule has 23 heavy (non-hydrogen) atoms. The lowest BCUT2D eigenvalue weighted by atomic mass is 9.88. The van der Waals surface area contributed by atoms with E-state index in [1.807, 2.05) is 37.3 Å². The first-order valence-corrected chi connectivity index (χ1v) is 7.78. The third-order valence-electron chi connectivity index (χ3n) is 4.03. The predicted molar refractivity (Wildman–Crippen MR) is 91.5 cm³/mol. The van der Waals surface area contributed by atoms with Crippen molar-refractivity contribution in [1.82, 2.24) is 10.9 Å². The molecule has 1 fully saturated rings. The zero-order chi connectivity index (χ0) is 16.2. The average molecular weight is 310 g/mol. The highest BCUT2D eigenvalue weighted by molar-refractivity contribution is 5.43. The number of phenolic OH excluding ortho intramolecular Hbond substituents is 1. The van der Waals surface area contributed by atoms with Gasteiger partial charge in [-0.25, -0.2) is 5.43 Å². The maximum Gasteiger partial charge on any atom is 0.124 e. The van der Waals surface area contributed by atoms with E-state index in [4.69, 9.17) is 4.74 Å². The molecule has 2 aromatic rings. The molecule has 2 unspecified atom stereocenters. The summed E-state index contributed by atoms with van der Waals surface area (Å²) in [6.07, 6.45) is 0. The van der Waals surface area contributed by atoms with Crippen LogP contribution < -0.4 is 15.6 Å². The van der Waals surface area contributed by atoms with E-state index in [9.17, 15) is 5.11 Å². The Morgan fingerprint density at radius 1 is 1.26 bits per heavy atom. The minimum absolute atomic E-state index is 0.0209. The fraction of sp³-hybridized carbons (Fsp3) is 0.263. The smallest absolute Gasteiger partial charge is 0.124 e. The number of benzene rings is 2. The maximum absolute atomic E-state index is 10.4. The summed E-state index contributed by atoms with van der Waals surface area (Å²) in [7, 11) is 0. The maximum atomic E-state index is 10.4. The molecule has 3 N–H and O–H groups in total. The first-order chi connectivity index (χ1) is 11.1. The molecule has 2 aromatic carbocycles. The van der Waals surface area contributed by atoms with Gasteiger partial charge in [0.25, 0.3) is 0 Å². The number of nitrogens with one attached hydrogen (secondary N) is 2. The Morgan fingerprint density at radius 2 is 2.04 bits per heavy atom. The van der Waals surface area contributed by atoms with Crippen molar-refractivity contribution >= 4 is 0 Å². The van der Waals surface area contributed by atoms with E-state index in [0.717, 1.165) is 17.7 Å². The summed E-state index contributed by atoms with van der Waals surface area (Å²) in [6, 6.07) is 15.8. The van der Waals surface area contributed by atoms with Crippen LogP contribution >= 0.6 is 0 Å². The van der Waals surface area contributed by atoms with Crippen LogP contribution in [-0.4, -0.2) is 18.3 Å². The minimum Gasteiger partial charge on any atom is -0.507 e. The number of hydrazine groups is 1. The van der Waals surface area contributed by atoms with Gasteiger partial charge in [-0.3, -0.25) is 5.43 Å². The quantitative estimate of drug-likeness (QED) is 0.742. The summed E-state index contributed by atoms with van der Waals surface area (Å²) >= 11 is 0. The van der Waals surface area contributed by atoms with Gasteiger partial charge in [0.2, 0.25) is 0 Å². The Kier molecular flexibility index (Phi) is 4.65. The fourth-order valence-corrected chi connectivity index (χ4v) is 2.89. The van der Waals surface area contributed by atoms with Gasteiger partial charge in [-0.1, -0.05) is 43.0 Å². The molecule has 0 radical (unpaired) electrons. The predicted octanol–water partition coefficient (Wildman–Crippen LogP) is 3.28. The average Bonchev–Trinajstić information content (AvgIpc) is 3.03. The summed E-state index contributed by atoms with van der Waals surface area (Å²) in [5, 5.41) is 10.4. The number of hydrogen-bond donors (Lipinski definition) is 3. The molecular formula is C19H22N2O2. The highest BCUT2D eigenvalue weighted by Gasteiger charge is 2.31. The molecule has 0 amide bonds. The number of aromatic hydroxyl groups is 1. The Morgan fingerprint density at radius 3 is 2.74 bits per heavy atom. The van der Waals surface area contributed by atoms with E-state index in [-0.39, 0.29) is 17.7 Å². The van der Waals surface area contributed by atoms with Crippen LogP contribution in [0.2, 0.25) is 0 Å². The van der Waals surface area contributed by atoms with Crippen LogP contribution in [-0.2, 0) is 0 Å². The second-order valence-electron chi connectivity index (χ2n) is 5.99. The summed E-state index contributed by atoms with van der Waals surface area (Å²) < 4.78 is 5.58. The highest BCUT2D eigenvalue weighted by Crippen LogP contribution is 2.38. The van der Waals surface area contributed by atoms with E-state index in [2.05, 4.69) is 29.6 Å². The molecule has 0 spiro atoms. The highest BCUT2D eigenvalue weighted by atomic mass is 16.5. The molecule has 1 aliphatic heterocycles. The lowest BCUT2D eigenvalue weighted by molar-refractivity contribution is 0.348. The lowest BCUT2D eigenvalue weighted by Gasteiger charge is -2.20. The zero-order valence-electron chi connectivity index (χ0n) is 13.3. The molecular weight excluding hydrogens is 288 g/mol. The van der Waals surface area contributed by atoms with Gasteiger partial charge in [0.1, 0.15) is 18.1 Å². The Labute approximate surface area is 136 Å². The minimum atomic E-state index is 0.0209. The van der Waals surface area contributed by atoms with Crippen molar-refractivity contribution in [3.05, 3.63) is 71.8 Å². The molecule has 1 heterocycles. The van der Waals surface area contributed by atoms with Gasteiger partial charge in [-0.05, 0) is 24.1 Å². The van der Waals surface area contributed by atoms with Gasteiger partial charge in [0.15, 0.2) is 0 Å². The van der Waals surface area contributed by atoms with E-state index < -0.39 is 0 Å². The third-order valence-corrected chi connectivity index (χ3v) is 4.03. The van der Waals surface area contributed by atoms with Crippen molar-refractivity contribution in [3.63, 3.8) is 0 Å². The molecule has 3 rings (SSSR count). The number of phenols is 1. The molecule has 4 heteroatoms. The van der Waals surface area contributed by atoms with Gasteiger partial charge in [-0.2, -0.15) is 0 Å². The normalized spacial score (nSPS) is 20.4. The topological polar surface area (TPSA) is 53.5 Å².